The van der Waals surface area contributed by atoms with Crippen LogP contribution in [0.5, 0.6) is 0 Å². The lowest BCUT2D eigenvalue weighted by atomic mass is 10.1. The summed E-state index contributed by atoms with van der Waals surface area (Å²) in [5.41, 5.74) is 0.459. The Bertz CT molecular complexity index is 859. The monoisotopic (exact) mass is 352 g/mol. The van der Waals surface area contributed by atoms with Crippen LogP contribution in [0.3, 0.4) is 0 Å². The normalized spacial score (nSPS) is 10.7. The van der Waals surface area contributed by atoms with Gasteiger partial charge in [0.2, 0.25) is 0 Å². The summed E-state index contributed by atoms with van der Waals surface area (Å²) in [6.45, 7) is 3.42. The van der Waals surface area contributed by atoms with Crippen LogP contribution in [0.4, 0.5) is 5.69 Å². The molecule has 1 N–H and O–H groups in total. The molecule has 0 radical (unpaired) electrons. The van der Waals surface area contributed by atoms with Gasteiger partial charge in [0.25, 0.3) is 11.6 Å². The number of nitrogens with one attached hydrogen (secondary N) is 1. The van der Waals surface area contributed by atoms with E-state index in [0.29, 0.717) is 11.1 Å². The second-order valence-corrected chi connectivity index (χ2v) is 5.12. The van der Waals surface area contributed by atoms with Gasteiger partial charge in [0.15, 0.2) is 0 Å². The van der Waals surface area contributed by atoms with Crippen LogP contribution in [0.15, 0.2) is 72.9 Å². The molecule has 0 aliphatic rings. The maximum atomic E-state index is 12.3. The van der Waals surface area contributed by atoms with Gasteiger partial charge in [-0.05, 0) is 23.8 Å². The van der Waals surface area contributed by atoms with E-state index in [0.717, 1.165) is 0 Å². The van der Waals surface area contributed by atoms with E-state index < -0.39 is 16.8 Å². The Morgan fingerprint density at radius 3 is 2.54 bits per heavy atom. The third kappa shape index (κ3) is 5.13. The number of amides is 1. The van der Waals surface area contributed by atoms with Gasteiger partial charge < -0.3 is 10.1 Å². The van der Waals surface area contributed by atoms with Gasteiger partial charge in [-0.3, -0.25) is 14.9 Å². The van der Waals surface area contributed by atoms with Gasteiger partial charge in [-0.2, -0.15) is 0 Å². The van der Waals surface area contributed by atoms with Crippen LogP contribution in [0.1, 0.15) is 15.9 Å². The van der Waals surface area contributed by atoms with Crippen LogP contribution >= 0.6 is 0 Å². The lowest BCUT2D eigenvalue weighted by Crippen LogP contribution is -2.28. The zero-order chi connectivity index (χ0) is 18.9. The molecule has 7 nitrogen and oxygen atoms in total. The van der Waals surface area contributed by atoms with E-state index in [-0.39, 0.29) is 18.0 Å². The Hall–Kier alpha value is -3.74. The molecule has 0 heterocycles. The first kappa shape index (κ1) is 18.6. The van der Waals surface area contributed by atoms with Crippen molar-refractivity contribution in [3.05, 3.63) is 94.2 Å². The molecular weight excluding hydrogens is 336 g/mol. The number of non-ortho nitro benzene ring substituents is 1. The fourth-order valence-corrected chi connectivity index (χ4v) is 2.04. The highest BCUT2D eigenvalue weighted by molar-refractivity contribution is 6.03. The van der Waals surface area contributed by atoms with Crippen LogP contribution in [-0.2, 0) is 9.53 Å². The van der Waals surface area contributed by atoms with Gasteiger partial charge in [0.1, 0.15) is 12.3 Å². The molecule has 0 spiro atoms. The quantitative estimate of drug-likeness (QED) is 0.271. The SMILES string of the molecule is C=CCOC(=O)/C(=C/c1cccc([N+](=O)[O-])c1)NC(=O)c1ccccc1. The first-order valence-electron chi connectivity index (χ1n) is 7.62. The number of esters is 1. The predicted molar refractivity (Wildman–Crippen MR) is 96.1 cm³/mol. The molecule has 0 unspecified atom stereocenters. The van der Waals surface area contributed by atoms with Gasteiger partial charge >= 0.3 is 5.97 Å². The molecule has 0 atom stereocenters. The van der Waals surface area contributed by atoms with Crippen LogP contribution < -0.4 is 5.32 Å². The fraction of sp³-hybridized carbons (Fsp3) is 0.0526. The molecule has 2 aromatic rings. The van der Waals surface area contributed by atoms with Gasteiger partial charge in [-0.15, -0.1) is 0 Å². The Morgan fingerprint density at radius 2 is 1.88 bits per heavy atom. The highest BCUT2D eigenvalue weighted by Gasteiger charge is 2.16. The first-order valence-corrected chi connectivity index (χ1v) is 7.62. The summed E-state index contributed by atoms with van der Waals surface area (Å²) >= 11 is 0. The van der Waals surface area contributed by atoms with Crippen LogP contribution in [0.2, 0.25) is 0 Å². The Morgan fingerprint density at radius 1 is 1.15 bits per heavy atom. The van der Waals surface area contributed by atoms with Gasteiger partial charge in [0.05, 0.1) is 4.92 Å². The molecule has 2 rings (SSSR count). The molecule has 0 aromatic heterocycles. The first-order chi connectivity index (χ1) is 12.5. The van der Waals surface area contributed by atoms with Crippen molar-refractivity contribution in [1.29, 1.82) is 0 Å². The number of ether oxygens (including phenoxy) is 1. The molecule has 0 fully saturated rings. The highest BCUT2D eigenvalue weighted by atomic mass is 16.6. The van der Waals surface area contributed by atoms with Crippen molar-refractivity contribution in [2.24, 2.45) is 0 Å². The zero-order valence-corrected chi connectivity index (χ0v) is 13.8. The van der Waals surface area contributed by atoms with Crippen molar-refractivity contribution in [3.8, 4) is 0 Å². The van der Waals surface area contributed by atoms with Crippen LogP contribution in [-0.4, -0.2) is 23.4 Å². The summed E-state index contributed by atoms with van der Waals surface area (Å²) in [5.74, 6) is -1.28. The number of nitro benzene ring substituents is 1. The van der Waals surface area contributed by atoms with E-state index in [1.165, 1.54) is 30.4 Å². The Balaban J connectivity index is 2.32. The minimum Gasteiger partial charge on any atom is -0.457 e. The van der Waals surface area contributed by atoms with Crippen molar-refractivity contribution in [1.82, 2.24) is 5.32 Å². The largest absolute Gasteiger partial charge is 0.457 e. The molecule has 132 valence electrons. The minimum atomic E-state index is -0.777. The smallest absolute Gasteiger partial charge is 0.355 e. The van der Waals surface area contributed by atoms with Crippen molar-refractivity contribution >= 4 is 23.6 Å². The third-order valence-corrected chi connectivity index (χ3v) is 3.23. The molecule has 0 aliphatic heterocycles. The Labute approximate surface area is 149 Å². The van der Waals surface area contributed by atoms with Crippen molar-refractivity contribution in [2.75, 3.05) is 6.61 Å². The van der Waals surface area contributed by atoms with Crippen LogP contribution in [0.25, 0.3) is 6.08 Å². The molecule has 0 saturated heterocycles. The van der Waals surface area contributed by atoms with Crippen molar-refractivity contribution in [2.45, 2.75) is 0 Å². The second-order valence-electron chi connectivity index (χ2n) is 5.12. The van der Waals surface area contributed by atoms with E-state index in [4.69, 9.17) is 4.74 Å². The van der Waals surface area contributed by atoms with Crippen molar-refractivity contribution < 1.29 is 19.2 Å². The number of hydrogen-bond acceptors (Lipinski definition) is 5. The maximum Gasteiger partial charge on any atom is 0.355 e. The van der Waals surface area contributed by atoms with E-state index in [2.05, 4.69) is 11.9 Å². The second kappa shape index (κ2) is 8.93. The third-order valence-electron chi connectivity index (χ3n) is 3.23. The number of carbonyl (C=O) groups excluding carboxylic acids is 2. The van der Waals surface area contributed by atoms with Crippen LogP contribution in [0, 0.1) is 10.1 Å². The maximum absolute atomic E-state index is 12.3. The standard InChI is InChI=1S/C19H16N2O5/c1-2-11-26-19(23)17(20-18(22)15-8-4-3-5-9-15)13-14-7-6-10-16(12-14)21(24)25/h2-10,12-13H,1,11H2,(H,20,22)/b17-13-. The molecule has 26 heavy (non-hydrogen) atoms. The van der Waals surface area contributed by atoms with E-state index >= 15 is 0 Å². The molecule has 0 bridgehead atoms. The predicted octanol–water partition coefficient (Wildman–Crippen LogP) is 3.09. The molecule has 1 amide bonds. The number of carbonyl (C=O) groups is 2. The van der Waals surface area contributed by atoms with Gasteiger partial charge in [-0.25, -0.2) is 4.79 Å². The van der Waals surface area contributed by atoms with Gasteiger partial charge in [-0.1, -0.05) is 43.0 Å². The number of hydrogen-bond donors (Lipinski definition) is 1. The molecular formula is C19H16N2O5. The fourth-order valence-electron chi connectivity index (χ4n) is 2.04. The number of nitro groups is 1. The molecule has 0 aliphatic carbocycles. The zero-order valence-electron chi connectivity index (χ0n) is 13.8. The number of nitrogens with zero attached hydrogens (tertiary/aromatic N) is 1. The summed E-state index contributed by atoms with van der Waals surface area (Å²) in [6, 6.07) is 14.0. The van der Waals surface area contributed by atoms with E-state index in [1.807, 2.05) is 0 Å². The summed E-state index contributed by atoms with van der Waals surface area (Å²) in [4.78, 5) is 34.9. The molecule has 7 heteroatoms. The van der Waals surface area contributed by atoms with Crippen molar-refractivity contribution in [3.63, 3.8) is 0 Å². The average Bonchev–Trinajstić information content (AvgIpc) is 2.66. The number of benzene rings is 2. The molecule has 0 saturated carbocycles. The molecule has 2 aromatic carbocycles. The average molecular weight is 352 g/mol. The topological polar surface area (TPSA) is 98.5 Å². The summed E-state index contributed by atoms with van der Waals surface area (Å²) < 4.78 is 4.97. The Kier molecular flexibility index (Phi) is 6.39. The lowest BCUT2D eigenvalue weighted by molar-refractivity contribution is -0.384. The number of rotatable bonds is 7. The summed E-state index contributed by atoms with van der Waals surface area (Å²) in [7, 11) is 0. The van der Waals surface area contributed by atoms with E-state index in [1.54, 1.807) is 36.4 Å². The summed E-state index contributed by atoms with van der Waals surface area (Å²) in [6.07, 6.45) is 2.71. The highest BCUT2D eigenvalue weighted by Crippen LogP contribution is 2.16. The minimum absolute atomic E-state index is 0.0354. The lowest BCUT2D eigenvalue weighted by Gasteiger charge is -2.09. The van der Waals surface area contributed by atoms with Gasteiger partial charge in [0, 0.05) is 17.7 Å². The van der Waals surface area contributed by atoms with E-state index in [9.17, 15) is 19.7 Å². The summed E-state index contributed by atoms with van der Waals surface area (Å²) in [5, 5.41) is 13.4.